The third-order valence-corrected chi connectivity index (χ3v) is 5.84. The van der Waals surface area contributed by atoms with E-state index in [1.807, 2.05) is 36.4 Å². The molecule has 0 bridgehead atoms. The molecule has 0 aliphatic carbocycles. The molecule has 1 aromatic carbocycles. The lowest BCUT2D eigenvalue weighted by molar-refractivity contribution is -0.115. The monoisotopic (exact) mass is 435 g/mol. The Morgan fingerprint density at radius 3 is 2.78 bits per heavy atom. The van der Waals surface area contributed by atoms with Crippen LogP contribution in [0.15, 0.2) is 54.9 Å². The van der Waals surface area contributed by atoms with Crippen molar-refractivity contribution >= 4 is 22.6 Å². The van der Waals surface area contributed by atoms with E-state index in [2.05, 4.69) is 25.5 Å². The van der Waals surface area contributed by atoms with Gasteiger partial charge in [0.2, 0.25) is 5.91 Å². The average Bonchev–Trinajstić information content (AvgIpc) is 2.83. The molecule has 0 spiro atoms. The number of amides is 1. The lowest BCUT2D eigenvalue weighted by Crippen LogP contribution is -2.45. The first kappa shape index (κ1) is 22.1. The first-order chi connectivity index (χ1) is 15.6. The molecule has 3 N–H and O–H groups in total. The van der Waals surface area contributed by atoms with Crippen LogP contribution < -0.4 is 15.4 Å². The molecule has 1 saturated heterocycles. The number of rotatable bonds is 8. The van der Waals surface area contributed by atoms with E-state index in [4.69, 9.17) is 4.74 Å². The van der Waals surface area contributed by atoms with Crippen LogP contribution in [0.5, 0.6) is 5.75 Å². The number of piperidine rings is 1. The number of nitrogens with zero attached hydrogens (tertiary/aromatic N) is 3. The highest BCUT2D eigenvalue weighted by atomic mass is 16.5. The number of benzene rings is 1. The minimum Gasteiger partial charge on any atom is -0.497 e. The first-order valence-corrected chi connectivity index (χ1v) is 10.9. The van der Waals surface area contributed by atoms with Gasteiger partial charge in [0.25, 0.3) is 0 Å². The first-order valence-electron chi connectivity index (χ1n) is 10.9. The fourth-order valence-electron chi connectivity index (χ4n) is 4.09. The number of fused-ring (bicyclic) bond motifs is 1. The Bertz CT molecular complexity index is 1040. The molecule has 2 aromatic heterocycles. The molecule has 3 aromatic rings. The predicted octanol–water partition coefficient (Wildman–Crippen LogP) is 2.36. The van der Waals surface area contributed by atoms with Gasteiger partial charge in [0, 0.05) is 30.4 Å². The SMILES string of the molecule is COc1ccc2nccc([C@H](O)CN3CCC(NCC(=O)Nc4ccccn4)CC3)c2c1. The van der Waals surface area contributed by atoms with Crippen molar-refractivity contribution < 1.29 is 14.6 Å². The number of aliphatic hydroxyl groups excluding tert-OH is 1. The van der Waals surface area contributed by atoms with Crippen molar-refractivity contribution in [1.82, 2.24) is 20.2 Å². The maximum Gasteiger partial charge on any atom is 0.239 e. The zero-order chi connectivity index (χ0) is 22.3. The van der Waals surface area contributed by atoms with Gasteiger partial charge in [0.05, 0.1) is 25.3 Å². The summed E-state index contributed by atoms with van der Waals surface area (Å²) in [6.07, 6.45) is 4.63. The smallest absolute Gasteiger partial charge is 0.239 e. The number of hydrogen-bond donors (Lipinski definition) is 3. The lowest BCUT2D eigenvalue weighted by atomic mass is 10.0. The molecule has 0 unspecified atom stereocenters. The third kappa shape index (κ3) is 5.59. The van der Waals surface area contributed by atoms with E-state index < -0.39 is 6.10 Å². The van der Waals surface area contributed by atoms with E-state index in [9.17, 15) is 9.90 Å². The van der Waals surface area contributed by atoms with Crippen molar-refractivity contribution in [3.05, 3.63) is 60.4 Å². The van der Waals surface area contributed by atoms with Crippen LogP contribution in [0.2, 0.25) is 0 Å². The van der Waals surface area contributed by atoms with Gasteiger partial charge in [-0.25, -0.2) is 4.98 Å². The normalized spacial score (nSPS) is 16.1. The number of aliphatic hydroxyl groups is 1. The van der Waals surface area contributed by atoms with E-state index in [1.165, 1.54) is 0 Å². The quantitative estimate of drug-likeness (QED) is 0.499. The standard InChI is InChI=1S/C24H29N5O3/c1-32-18-5-6-21-20(14-18)19(7-11-25-21)22(30)16-29-12-8-17(9-13-29)27-15-24(31)28-23-4-2-3-10-26-23/h2-7,10-11,14,17,22,27,30H,8-9,12-13,15-16H2,1H3,(H,26,28,31)/t22-/m1/s1. The second-order valence-corrected chi connectivity index (χ2v) is 8.02. The Balaban J connectivity index is 1.26. The lowest BCUT2D eigenvalue weighted by Gasteiger charge is -2.33. The van der Waals surface area contributed by atoms with Crippen molar-refractivity contribution in [2.45, 2.75) is 25.0 Å². The second-order valence-electron chi connectivity index (χ2n) is 8.02. The number of hydrogen-bond acceptors (Lipinski definition) is 7. The van der Waals surface area contributed by atoms with E-state index >= 15 is 0 Å². The van der Waals surface area contributed by atoms with E-state index in [1.54, 1.807) is 25.6 Å². The average molecular weight is 436 g/mol. The maximum atomic E-state index is 12.1. The molecule has 8 nitrogen and oxygen atoms in total. The molecule has 8 heteroatoms. The number of carbonyl (C=O) groups excluding carboxylic acids is 1. The summed E-state index contributed by atoms with van der Waals surface area (Å²) in [5.74, 6) is 1.21. The molecule has 1 aliphatic heterocycles. The molecule has 4 rings (SSSR count). The van der Waals surface area contributed by atoms with Gasteiger partial charge in [-0.3, -0.25) is 9.78 Å². The third-order valence-electron chi connectivity index (χ3n) is 5.84. The van der Waals surface area contributed by atoms with Gasteiger partial charge in [-0.1, -0.05) is 6.07 Å². The fourth-order valence-corrected chi connectivity index (χ4v) is 4.09. The summed E-state index contributed by atoms with van der Waals surface area (Å²) in [6.45, 7) is 2.55. The van der Waals surface area contributed by atoms with E-state index in [-0.39, 0.29) is 18.5 Å². The number of carbonyl (C=O) groups is 1. The molecule has 3 heterocycles. The van der Waals surface area contributed by atoms with Crippen LogP contribution in [0.1, 0.15) is 24.5 Å². The van der Waals surface area contributed by atoms with Crippen LogP contribution in [0.25, 0.3) is 10.9 Å². The molecule has 0 saturated carbocycles. The van der Waals surface area contributed by atoms with Crippen LogP contribution >= 0.6 is 0 Å². The number of nitrogens with one attached hydrogen (secondary N) is 2. The van der Waals surface area contributed by atoms with Gasteiger partial charge >= 0.3 is 0 Å². The fraction of sp³-hybridized carbons (Fsp3) is 0.375. The topological polar surface area (TPSA) is 99.6 Å². The van der Waals surface area contributed by atoms with Crippen molar-refractivity contribution in [1.29, 1.82) is 0 Å². The van der Waals surface area contributed by atoms with Crippen molar-refractivity contribution in [3.63, 3.8) is 0 Å². The number of β-amino-alcohol motifs (C(OH)–C–C–N with tert-alkyl or cyclic N) is 1. The Hall–Kier alpha value is -3.07. The summed E-state index contributed by atoms with van der Waals surface area (Å²) in [5, 5.41) is 18.0. The molecule has 168 valence electrons. The van der Waals surface area contributed by atoms with Crippen molar-refractivity contribution in [3.8, 4) is 5.75 Å². The van der Waals surface area contributed by atoms with Gasteiger partial charge < -0.3 is 25.4 Å². The molecule has 1 amide bonds. The number of likely N-dealkylation sites (tertiary alicyclic amines) is 1. The highest BCUT2D eigenvalue weighted by Crippen LogP contribution is 2.27. The highest BCUT2D eigenvalue weighted by molar-refractivity contribution is 5.91. The minimum absolute atomic E-state index is 0.0958. The summed E-state index contributed by atoms with van der Waals surface area (Å²) in [5.41, 5.74) is 1.70. The van der Waals surface area contributed by atoms with Crippen LogP contribution in [0.3, 0.4) is 0 Å². The van der Waals surface area contributed by atoms with Crippen LogP contribution in [-0.4, -0.2) is 65.2 Å². The van der Waals surface area contributed by atoms with Gasteiger partial charge in [0.15, 0.2) is 0 Å². The number of anilines is 1. The maximum absolute atomic E-state index is 12.1. The highest BCUT2D eigenvalue weighted by Gasteiger charge is 2.23. The molecule has 32 heavy (non-hydrogen) atoms. The zero-order valence-corrected chi connectivity index (χ0v) is 18.2. The second kappa shape index (κ2) is 10.5. The molecule has 1 atom stereocenters. The predicted molar refractivity (Wildman–Crippen MR) is 124 cm³/mol. The minimum atomic E-state index is -0.610. The Labute approximate surface area is 187 Å². The van der Waals surface area contributed by atoms with Crippen LogP contribution in [-0.2, 0) is 4.79 Å². The summed E-state index contributed by atoms with van der Waals surface area (Å²) in [4.78, 5) is 22.9. The van der Waals surface area contributed by atoms with Gasteiger partial charge in [-0.15, -0.1) is 0 Å². The largest absolute Gasteiger partial charge is 0.497 e. The van der Waals surface area contributed by atoms with Gasteiger partial charge in [0.1, 0.15) is 11.6 Å². The van der Waals surface area contributed by atoms with E-state index in [0.717, 1.165) is 48.1 Å². The number of pyridine rings is 2. The molecule has 0 radical (unpaired) electrons. The molecular weight excluding hydrogens is 406 g/mol. The summed E-state index contributed by atoms with van der Waals surface area (Å²) in [6, 6.07) is 13.3. The van der Waals surface area contributed by atoms with Crippen LogP contribution in [0.4, 0.5) is 5.82 Å². The summed E-state index contributed by atoms with van der Waals surface area (Å²) < 4.78 is 5.33. The van der Waals surface area contributed by atoms with Gasteiger partial charge in [-0.2, -0.15) is 0 Å². The zero-order valence-electron chi connectivity index (χ0n) is 18.2. The Morgan fingerprint density at radius 2 is 2.03 bits per heavy atom. The molecule has 1 aliphatic rings. The number of ether oxygens (including phenoxy) is 1. The summed E-state index contributed by atoms with van der Waals surface area (Å²) in [7, 11) is 1.63. The summed E-state index contributed by atoms with van der Waals surface area (Å²) >= 11 is 0. The van der Waals surface area contributed by atoms with Crippen molar-refractivity contribution in [2.75, 3.05) is 38.6 Å². The van der Waals surface area contributed by atoms with E-state index in [0.29, 0.717) is 12.4 Å². The number of aromatic nitrogens is 2. The Kier molecular flexibility index (Phi) is 7.26. The number of methoxy groups -OCH3 is 1. The molecule has 1 fully saturated rings. The van der Waals surface area contributed by atoms with Crippen LogP contribution in [0, 0.1) is 0 Å². The van der Waals surface area contributed by atoms with Crippen molar-refractivity contribution in [2.24, 2.45) is 0 Å². The Morgan fingerprint density at radius 1 is 1.19 bits per heavy atom. The van der Waals surface area contributed by atoms with Gasteiger partial charge in [-0.05, 0) is 67.9 Å². The molecular formula is C24H29N5O3.